The summed E-state index contributed by atoms with van der Waals surface area (Å²) in [5, 5.41) is 20.6. The molecule has 20 heavy (non-hydrogen) atoms. The average Bonchev–Trinajstić information content (AvgIpc) is 2.95. The normalized spacial score (nSPS) is 18.3. The van der Waals surface area contributed by atoms with Gasteiger partial charge in [0.1, 0.15) is 0 Å². The molecule has 1 amide bonds. The molecule has 1 aliphatic rings. The van der Waals surface area contributed by atoms with E-state index in [1.54, 1.807) is 0 Å². The number of amides is 1. The third-order valence-electron chi connectivity index (χ3n) is 3.86. The van der Waals surface area contributed by atoms with Crippen LogP contribution in [-0.4, -0.2) is 48.3 Å². The molecule has 1 unspecified atom stereocenters. The molecule has 0 aromatic rings. The van der Waals surface area contributed by atoms with E-state index in [0.29, 0.717) is 12.8 Å². The Balaban J connectivity index is 3.00. The van der Waals surface area contributed by atoms with Gasteiger partial charge in [-0.2, -0.15) is 0 Å². The van der Waals surface area contributed by atoms with Crippen LogP contribution in [0.5, 0.6) is 0 Å². The number of aliphatic hydroxyl groups excluding tert-OH is 1. The molecule has 7 nitrogen and oxygen atoms in total. The van der Waals surface area contributed by atoms with Gasteiger partial charge in [-0.15, -0.1) is 0 Å². The van der Waals surface area contributed by atoms with Gasteiger partial charge in [0.2, 0.25) is 5.91 Å². The number of carbonyl (C=O) groups excluding carboxylic acids is 2. The lowest BCUT2D eigenvalue weighted by atomic mass is 9.71. The fourth-order valence-electron chi connectivity index (χ4n) is 2.83. The van der Waals surface area contributed by atoms with Crippen LogP contribution < -0.4 is 5.32 Å². The summed E-state index contributed by atoms with van der Waals surface area (Å²) >= 11 is 0. The van der Waals surface area contributed by atoms with Crippen molar-refractivity contribution in [2.75, 3.05) is 20.3 Å². The summed E-state index contributed by atoms with van der Waals surface area (Å²) in [5.74, 6) is -3.17. The number of nitrogens with one attached hydrogen (secondary N) is 1. The average molecular weight is 287 g/mol. The Bertz CT molecular complexity index is 377. The Morgan fingerprint density at radius 3 is 2.35 bits per heavy atom. The van der Waals surface area contributed by atoms with Crippen LogP contribution >= 0.6 is 0 Å². The minimum Gasteiger partial charge on any atom is -0.480 e. The number of esters is 1. The van der Waals surface area contributed by atoms with Crippen molar-refractivity contribution < 1.29 is 29.3 Å². The number of carboxylic acids is 1. The Kier molecular flexibility index (Phi) is 5.94. The molecule has 1 atom stereocenters. The molecule has 0 aliphatic heterocycles. The summed E-state index contributed by atoms with van der Waals surface area (Å²) in [6.45, 7) is -0.214. The standard InChI is InChI=1S/C13H21NO6/c1-20-12(19)13(11(17)18,9-4-2-3-5-9)8-10(16)14-6-7-15/h9,15H,2-8H2,1H3,(H,14,16)(H,17,18). The Morgan fingerprint density at radius 2 is 1.90 bits per heavy atom. The van der Waals surface area contributed by atoms with Gasteiger partial charge < -0.3 is 20.3 Å². The highest BCUT2D eigenvalue weighted by Crippen LogP contribution is 2.43. The van der Waals surface area contributed by atoms with Crippen LogP contribution in [0, 0.1) is 11.3 Å². The second-order valence-electron chi connectivity index (χ2n) is 5.00. The first-order valence-corrected chi connectivity index (χ1v) is 6.68. The van der Waals surface area contributed by atoms with Crippen molar-refractivity contribution in [3.63, 3.8) is 0 Å². The first-order valence-electron chi connectivity index (χ1n) is 6.68. The molecule has 0 aromatic heterocycles. The molecule has 1 saturated carbocycles. The zero-order valence-corrected chi connectivity index (χ0v) is 11.6. The minimum atomic E-state index is -1.83. The monoisotopic (exact) mass is 287 g/mol. The second kappa shape index (κ2) is 7.23. The number of aliphatic carboxylic acids is 1. The molecule has 3 N–H and O–H groups in total. The minimum absolute atomic E-state index is 0.0281. The summed E-state index contributed by atoms with van der Waals surface area (Å²) in [5.41, 5.74) is -1.83. The van der Waals surface area contributed by atoms with Crippen molar-refractivity contribution in [1.82, 2.24) is 5.32 Å². The smallest absolute Gasteiger partial charge is 0.324 e. The van der Waals surface area contributed by atoms with E-state index in [9.17, 15) is 19.5 Å². The zero-order valence-electron chi connectivity index (χ0n) is 11.6. The molecule has 114 valence electrons. The van der Waals surface area contributed by atoms with Crippen LogP contribution in [0.25, 0.3) is 0 Å². The Morgan fingerprint density at radius 1 is 1.30 bits per heavy atom. The molecule has 0 bridgehead atoms. The summed E-state index contributed by atoms with van der Waals surface area (Å²) in [6.07, 6.45) is 2.41. The van der Waals surface area contributed by atoms with E-state index in [0.717, 1.165) is 20.0 Å². The third kappa shape index (κ3) is 3.27. The van der Waals surface area contributed by atoms with E-state index >= 15 is 0 Å². The maximum atomic E-state index is 12.0. The quantitative estimate of drug-likeness (QED) is 0.446. The van der Waals surface area contributed by atoms with Gasteiger partial charge in [-0.3, -0.25) is 14.4 Å². The van der Waals surface area contributed by atoms with Crippen LogP contribution in [0.4, 0.5) is 0 Å². The van der Waals surface area contributed by atoms with Crippen LogP contribution in [0.3, 0.4) is 0 Å². The summed E-state index contributed by atoms with van der Waals surface area (Å²) in [4.78, 5) is 35.5. The SMILES string of the molecule is COC(=O)C(CC(=O)NCCO)(C(=O)O)C1CCCC1. The molecule has 7 heteroatoms. The maximum absolute atomic E-state index is 12.0. The Hall–Kier alpha value is -1.63. The molecule has 1 rings (SSSR count). The van der Waals surface area contributed by atoms with Crippen molar-refractivity contribution in [2.24, 2.45) is 11.3 Å². The highest BCUT2D eigenvalue weighted by atomic mass is 16.5. The fourth-order valence-corrected chi connectivity index (χ4v) is 2.83. The van der Waals surface area contributed by atoms with Gasteiger partial charge in [0.15, 0.2) is 5.41 Å². The largest absolute Gasteiger partial charge is 0.480 e. The van der Waals surface area contributed by atoms with Gasteiger partial charge in [-0.1, -0.05) is 12.8 Å². The highest BCUT2D eigenvalue weighted by Gasteiger charge is 2.55. The van der Waals surface area contributed by atoms with E-state index in [1.165, 1.54) is 0 Å². The Labute approximate surface area is 117 Å². The molecule has 1 aliphatic carbocycles. The van der Waals surface area contributed by atoms with Crippen LogP contribution in [-0.2, 0) is 19.1 Å². The summed E-state index contributed by atoms with van der Waals surface area (Å²) < 4.78 is 4.65. The summed E-state index contributed by atoms with van der Waals surface area (Å²) in [7, 11) is 1.13. The molecule has 1 fully saturated rings. The number of aliphatic hydroxyl groups is 1. The first kappa shape index (κ1) is 16.4. The number of carbonyl (C=O) groups is 3. The number of hydrogen-bond donors (Lipinski definition) is 3. The fraction of sp³-hybridized carbons (Fsp3) is 0.769. The molecular formula is C13H21NO6. The van der Waals surface area contributed by atoms with E-state index in [1.807, 2.05) is 0 Å². The van der Waals surface area contributed by atoms with E-state index < -0.39 is 35.6 Å². The maximum Gasteiger partial charge on any atom is 0.324 e. The van der Waals surface area contributed by atoms with Gasteiger partial charge in [-0.25, -0.2) is 0 Å². The second-order valence-corrected chi connectivity index (χ2v) is 5.00. The van der Waals surface area contributed by atoms with Gasteiger partial charge in [-0.05, 0) is 18.8 Å². The summed E-state index contributed by atoms with van der Waals surface area (Å²) in [6, 6.07) is 0. The highest BCUT2D eigenvalue weighted by molar-refractivity contribution is 6.03. The lowest BCUT2D eigenvalue weighted by molar-refractivity contribution is -0.174. The molecular weight excluding hydrogens is 266 g/mol. The molecule has 0 saturated heterocycles. The van der Waals surface area contributed by atoms with E-state index in [-0.39, 0.29) is 13.2 Å². The number of hydrogen-bond acceptors (Lipinski definition) is 5. The van der Waals surface area contributed by atoms with Crippen molar-refractivity contribution in [2.45, 2.75) is 32.1 Å². The van der Waals surface area contributed by atoms with Crippen LogP contribution in [0.15, 0.2) is 0 Å². The predicted molar refractivity (Wildman–Crippen MR) is 68.8 cm³/mol. The number of rotatable bonds is 7. The number of ether oxygens (including phenoxy) is 1. The third-order valence-corrected chi connectivity index (χ3v) is 3.86. The molecule has 0 aromatic carbocycles. The van der Waals surface area contributed by atoms with Gasteiger partial charge in [0.05, 0.1) is 20.1 Å². The number of carboxylic acid groups (broad SMARTS) is 1. The molecule has 0 spiro atoms. The lowest BCUT2D eigenvalue weighted by Gasteiger charge is -2.31. The van der Waals surface area contributed by atoms with E-state index in [2.05, 4.69) is 10.1 Å². The van der Waals surface area contributed by atoms with Crippen LogP contribution in [0.1, 0.15) is 32.1 Å². The van der Waals surface area contributed by atoms with Crippen molar-refractivity contribution in [3.8, 4) is 0 Å². The topological polar surface area (TPSA) is 113 Å². The van der Waals surface area contributed by atoms with Gasteiger partial charge in [0, 0.05) is 6.54 Å². The van der Waals surface area contributed by atoms with E-state index in [4.69, 9.17) is 5.11 Å². The first-order chi connectivity index (χ1) is 9.48. The van der Waals surface area contributed by atoms with Gasteiger partial charge in [0.25, 0.3) is 0 Å². The van der Waals surface area contributed by atoms with Crippen molar-refractivity contribution >= 4 is 17.8 Å². The molecule has 0 radical (unpaired) electrons. The predicted octanol–water partition coefficient (Wildman–Crippen LogP) is -0.0808. The van der Waals surface area contributed by atoms with Crippen LogP contribution in [0.2, 0.25) is 0 Å². The lowest BCUT2D eigenvalue weighted by Crippen LogP contribution is -2.49. The zero-order chi connectivity index (χ0) is 15.2. The number of methoxy groups -OCH3 is 1. The van der Waals surface area contributed by atoms with Gasteiger partial charge >= 0.3 is 11.9 Å². The molecule has 0 heterocycles. The van der Waals surface area contributed by atoms with Crippen molar-refractivity contribution in [3.05, 3.63) is 0 Å². The van der Waals surface area contributed by atoms with Crippen molar-refractivity contribution in [1.29, 1.82) is 0 Å².